The van der Waals surface area contributed by atoms with Crippen LogP contribution in [0.5, 0.6) is 0 Å². The molecule has 2 unspecified atom stereocenters. The molecular formula is C12H24N2OS. The SMILES string of the molecule is CCC1(C(=O)NCCC(C)SC)CCNC1. The second-order valence-corrected chi connectivity index (χ2v) is 5.93. The van der Waals surface area contributed by atoms with Crippen LogP contribution in [0.1, 0.15) is 33.1 Å². The van der Waals surface area contributed by atoms with E-state index in [2.05, 4.69) is 30.7 Å². The van der Waals surface area contributed by atoms with Gasteiger partial charge in [-0.3, -0.25) is 4.79 Å². The fourth-order valence-corrected chi connectivity index (χ4v) is 2.45. The molecule has 0 aromatic rings. The highest BCUT2D eigenvalue weighted by Gasteiger charge is 2.38. The molecule has 4 heteroatoms. The number of thioether (sulfide) groups is 1. The number of carbonyl (C=O) groups excluding carboxylic acids is 1. The fourth-order valence-electron chi connectivity index (χ4n) is 2.09. The molecule has 0 saturated carbocycles. The van der Waals surface area contributed by atoms with Crippen LogP contribution in [-0.2, 0) is 4.79 Å². The van der Waals surface area contributed by atoms with Gasteiger partial charge < -0.3 is 10.6 Å². The molecule has 1 heterocycles. The summed E-state index contributed by atoms with van der Waals surface area (Å²) in [6.07, 6.45) is 5.08. The largest absolute Gasteiger partial charge is 0.356 e. The molecule has 1 saturated heterocycles. The van der Waals surface area contributed by atoms with Crippen molar-refractivity contribution in [2.75, 3.05) is 25.9 Å². The van der Waals surface area contributed by atoms with Gasteiger partial charge in [0.15, 0.2) is 0 Å². The summed E-state index contributed by atoms with van der Waals surface area (Å²) in [4.78, 5) is 12.1. The average Bonchev–Trinajstić information content (AvgIpc) is 2.78. The Labute approximate surface area is 103 Å². The van der Waals surface area contributed by atoms with E-state index in [1.54, 1.807) is 0 Å². The van der Waals surface area contributed by atoms with Crippen molar-refractivity contribution >= 4 is 17.7 Å². The van der Waals surface area contributed by atoms with Crippen molar-refractivity contribution < 1.29 is 4.79 Å². The molecule has 0 radical (unpaired) electrons. The minimum atomic E-state index is -0.136. The van der Waals surface area contributed by atoms with Gasteiger partial charge in [0.05, 0.1) is 5.41 Å². The maximum Gasteiger partial charge on any atom is 0.227 e. The highest BCUT2D eigenvalue weighted by molar-refractivity contribution is 7.99. The lowest BCUT2D eigenvalue weighted by molar-refractivity contribution is -0.130. The van der Waals surface area contributed by atoms with Gasteiger partial charge in [0.1, 0.15) is 0 Å². The van der Waals surface area contributed by atoms with E-state index < -0.39 is 0 Å². The van der Waals surface area contributed by atoms with Crippen LogP contribution in [0.3, 0.4) is 0 Å². The molecule has 2 N–H and O–H groups in total. The van der Waals surface area contributed by atoms with Crippen LogP contribution in [0, 0.1) is 5.41 Å². The fraction of sp³-hybridized carbons (Fsp3) is 0.917. The Morgan fingerprint density at radius 1 is 1.62 bits per heavy atom. The summed E-state index contributed by atoms with van der Waals surface area (Å²) in [7, 11) is 0. The lowest BCUT2D eigenvalue weighted by atomic mass is 9.83. The van der Waals surface area contributed by atoms with E-state index in [4.69, 9.17) is 0 Å². The first-order valence-corrected chi connectivity index (χ1v) is 7.45. The summed E-state index contributed by atoms with van der Waals surface area (Å²) in [5.41, 5.74) is -0.136. The highest BCUT2D eigenvalue weighted by atomic mass is 32.2. The van der Waals surface area contributed by atoms with Crippen LogP contribution in [0.4, 0.5) is 0 Å². The van der Waals surface area contributed by atoms with Gasteiger partial charge in [-0.2, -0.15) is 11.8 Å². The standard InChI is InChI=1S/C12H24N2OS/c1-4-12(6-8-13-9-12)11(15)14-7-5-10(2)16-3/h10,13H,4-9H2,1-3H3,(H,14,15). The number of amides is 1. The summed E-state index contributed by atoms with van der Waals surface area (Å²) in [5, 5.41) is 7.00. The molecule has 1 fully saturated rings. The van der Waals surface area contributed by atoms with Gasteiger partial charge in [-0.05, 0) is 32.1 Å². The molecule has 2 atom stereocenters. The third kappa shape index (κ3) is 3.39. The zero-order valence-corrected chi connectivity index (χ0v) is 11.5. The predicted octanol–water partition coefficient (Wildman–Crippen LogP) is 1.63. The Morgan fingerprint density at radius 2 is 2.38 bits per heavy atom. The van der Waals surface area contributed by atoms with Crippen LogP contribution in [0.25, 0.3) is 0 Å². The molecular weight excluding hydrogens is 220 g/mol. The van der Waals surface area contributed by atoms with Gasteiger partial charge in [0.25, 0.3) is 0 Å². The van der Waals surface area contributed by atoms with E-state index in [9.17, 15) is 4.79 Å². The van der Waals surface area contributed by atoms with E-state index in [1.807, 2.05) is 11.8 Å². The molecule has 1 amide bonds. The van der Waals surface area contributed by atoms with Crippen LogP contribution in [0.15, 0.2) is 0 Å². The first kappa shape index (κ1) is 13.8. The van der Waals surface area contributed by atoms with Crippen molar-refractivity contribution in [3.63, 3.8) is 0 Å². The van der Waals surface area contributed by atoms with E-state index in [1.165, 1.54) is 0 Å². The number of nitrogens with one attached hydrogen (secondary N) is 2. The lowest BCUT2D eigenvalue weighted by Gasteiger charge is -2.25. The Kier molecular flexibility index (Phi) is 5.62. The second kappa shape index (κ2) is 6.50. The molecule has 0 aromatic heterocycles. The van der Waals surface area contributed by atoms with Crippen molar-refractivity contribution in [2.45, 2.75) is 38.4 Å². The maximum absolute atomic E-state index is 12.1. The monoisotopic (exact) mass is 244 g/mol. The predicted molar refractivity (Wildman–Crippen MR) is 70.8 cm³/mol. The number of hydrogen-bond acceptors (Lipinski definition) is 3. The normalized spacial score (nSPS) is 26.7. The van der Waals surface area contributed by atoms with E-state index >= 15 is 0 Å². The van der Waals surface area contributed by atoms with Gasteiger partial charge in [-0.25, -0.2) is 0 Å². The van der Waals surface area contributed by atoms with Crippen LogP contribution in [-0.4, -0.2) is 37.0 Å². The highest BCUT2D eigenvalue weighted by Crippen LogP contribution is 2.29. The molecule has 1 aliphatic rings. The first-order chi connectivity index (χ1) is 7.64. The molecule has 0 aliphatic carbocycles. The Balaban J connectivity index is 2.33. The molecule has 0 spiro atoms. The van der Waals surface area contributed by atoms with Gasteiger partial charge >= 0.3 is 0 Å². The summed E-state index contributed by atoms with van der Waals surface area (Å²) in [6.45, 7) is 6.93. The molecule has 0 aromatic carbocycles. The van der Waals surface area contributed by atoms with Crippen molar-refractivity contribution in [3.8, 4) is 0 Å². The van der Waals surface area contributed by atoms with E-state index in [0.717, 1.165) is 38.9 Å². The van der Waals surface area contributed by atoms with Gasteiger partial charge in [-0.1, -0.05) is 13.8 Å². The van der Waals surface area contributed by atoms with Crippen LogP contribution < -0.4 is 10.6 Å². The number of hydrogen-bond donors (Lipinski definition) is 2. The van der Waals surface area contributed by atoms with Crippen molar-refractivity contribution in [2.24, 2.45) is 5.41 Å². The van der Waals surface area contributed by atoms with E-state index in [0.29, 0.717) is 5.25 Å². The minimum absolute atomic E-state index is 0.136. The second-order valence-electron chi connectivity index (χ2n) is 4.65. The zero-order valence-electron chi connectivity index (χ0n) is 10.6. The van der Waals surface area contributed by atoms with Crippen molar-refractivity contribution in [1.29, 1.82) is 0 Å². The molecule has 0 bridgehead atoms. The summed E-state index contributed by atoms with van der Waals surface area (Å²) in [5.74, 6) is 0.244. The topological polar surface area (TPSA) is 41.1 Å². The minimum Gasteiger partial charge on any atom is -0.356 e. The van der Waals surface area contributed by atoms with Crippen LogP contribution in [0.2, 0.25) is 0 Å². The lowest BCUT2D eigenvalue weighted by Crippen LogP contribution is -2.42. The summed E-state index contributed by atoms with van der Waals surface area (Å²) in [6, 6.07) is 0. The summed E-state index contributed by atoms with van der Waals surface area (Å²) >= 11 is 1.85. The molecule has 3 nitrogen and oxygen atoms in total. The van der Waals surface area contributed by atoms with Gasteiger partial charge in [-0.15, -0.1) is 0 Å². The average molecular weight is 244 g/mol. The molecule has 1 aliphatic heterocycles. The Hall–Kier alpha value is -0.220. The Bertz CT molecular complexity index is 227. The van der Waals surface area contributed by atoms with E-state index in [-0.39, 0.29) is 11.3 Å². The quantitative estimate of drug-likeness (QED) is 0.746. The molecule has 16 heavy (non-hydrogen) atoms. The Morgan fingerprint density at radius 3 is 2.88 bits per heavy atom. The zero-order chi connectivity index (χ0) is 12.0. The maximum atomic E-state index is 12.1. The number of carbonyl (C=O) groups is 1. The smallest absolute Gasteiger partial charge is 0.227 e. The van der Waals surface area contributed by atoms with Crippen molar-refractivity contribution in [1.82, 2.24) is 10.6 Å². The number of rotatable bonds is 6. The first-order valence-electron chi connectivity index (χ1n) is 6.16. The third-order valence-electron chi connectivity index (χ3n) is 3.64. The van der Waals surface area contributed by atoms with Crippen molar-refractivity contribution in [3.05, 3.63) is 0 Å². The van der Waals surface area contributed by atoms with Crippen LogP contribution >= 0.6 is 11.8 Å². The van der Waals surface area contributed by atoms with Gasteiger partial charge in [0.2, 0.25) is 5.91 Å². The van der Waals surface area contributed by atoms with Gasteiger partial charge in [0, 0.05) is 18.3 Å². The molecule has 94 valence electrons. The molecule has 1 rings (SSSR count). The summed E-state index contributed by atoms with van der Waals surface area (Å²) < 4.78 is 0. The third-order valence-corrected chi connectivity index (χ3v) is 4.68.